The van der Waals surface area contributed by atoms with Gasteiger partial charge in [-0.1, -0.05) is 12.8 Å². The Bertz CT molecular complexity index is 1040. The number of rotatable bonds is 17. The lowest BCUT2D eigenvalue weighted by Gasteiger charge is -2.51. The van der Waals surface area contributed by atoms with Crippen LogP contribution in [0.2, 0.25) is 0 Å². The molecule has 18 atom stereocenters. The molecule has 4 saturated heterocycles. The molecule has 4 aliphatic heterocycles. The van der Waals surface area contributed by atoms with Crippen LogP contribution in [0.25, 0.3) is 0 Å². The van der Waals surface area contributed by atoms with Gasteiger partial charge in [-0.05, 0) is 12.8 Å². The standard InChI is InChI=1S/C30H54O22/c31-7-13-17(37)21(41)25(45)27(47-13,51-29(11-35)23(43)19(39)15(9-33)49-29)5-3-1-2-4-6-28(26(46)22(42)18(38)14(8-32)48-28)52-30(12-36)24(44)20(40)16(10-34)50-30/h13-26,31-46H,1-12H2/t13-,14-,15-,16-,17-,18-,19-,20-,21+,22+,23+,24+,25-,26-,27+,28+,29?,30?/m1/s1. The largest absolute Gasteiger partial charge is 0.394 e. The summed E-state index contributed by atoms with van der Waals surface area (Å²) in [4.78, 5) is 0. The molecule has 0 bridgehead atoms. The summed E-state index contributed by atoms with van der Waals surface area (Å²) < 4.78 is 34.1. The van der Waals surface area contributed by atoms with Crippen LogP contribution >= 0.6 is 0 Å². The molecule has 4 heterocycles. The normalized spacial score (nSPS) is 49.8. The first-order chi connectivity index (χ1) is 24.5. The SMILES string of the molecule is OC[C@H]1OC(CO)(O[C@]2(CCCCCC[C@@]3(OC4(CO)O[C@H](CO)[C@@H](O)[C@@H]4O)O[C@H](CO)[C@@H](O)[C@H](O)[C@H]3O)O[C@H](CO)[C@@H](O)[C@H](O)[C@H]2O)[C@@H](O)[C@@H]1O. The lowest BCUT2D eigenvalue weighted by atomic mass is 9.87. The third-order valence-electron chi connectivity index (χ3n) is 10.4. The first-order valence-corrected chi connectivity index (χ1v) is 17.1. The number of ether oxygens (including phenoxy) is 6. The van der Waals surface area contributed by atoms with E-state index < -0.39 is 148 Å². The second-order valence-corrected chi connectivity index (χ2v) is 13.8. The van der Waals surface area contributed by atoms with E-state index in [2.05, 4.69) is 0 Å². The van der Waals surface area contributed by atoms with Crippen molar-refractivity contribution in [2.75, 3.05) is 39.6 Å². The highest BCUT2D eigenvalue weighted by Gasteiger charge is 2.65. The minimum absolute atomic E-state index is 0.0201. The van der Waals surface area contributed by atoms with Crippen molar-refractivity contribution < 1.29 is 110 Å². The van der Waals surface area contributed by atoms with E-state index in [4.69, 9.17) is 28.4 Å². The van der Waals surface area contributed by atoms with Crippen LogP contribution in [0.1, 0.15) is 38.5 Å². The van der Waals surface area contributed by atoms with Gasteiger partial charge in [0.15, 0.2) is 0 Å². The summed E-state index contributed by atoms with van der Waals surface area (Å²) in [6, 6.07) is 0. The average molecular weight is 767 g/mol. The van der Waals surface area contributed by atoms with Crippen LogP contribution < -0.4 is 0 Å². The van der Waals surface area contributed by atoms with Crippen molar-refractivity contribution in [3.8, 4) is 0 Å². The van der Waals surface area contributed by atoms with Gasteiger partial charge in [0, 0.05) is 12.8 Å². The van der Waals surface area contributed by atoms with Crippen LogP contribution in [0.15, 0.2) is 0 Å². The van der Waals surface area contributed by atoms with E-state index in [0.717, 1.165) is 0 Å². The Morgan fingerprint density at radius 3 is 0.885 bits per heavy atom. The fraction of sp³-hybridized carbons (Fsp3) is 1.00. The summed E-state index contributed by atoms with van der Waals surface area (Å²) in [5.74, 6) is -9.84. The zero-order valence-corrected chi connectivity index (χ0v) is 28.2. The molecule has 306 valence electrons. The van der Waals surface area contributed by atoms with E-state index in [9.17, 15) is 81.7 Å². The lowest BCUT2D eigenvalue weighted by molar-refractivity contribution is -0.436. The number of hydrogen-bond donors (Lipinski definition) is 16. The molecule has 4 rings (SSSR count). The monoisotopic (exact) mass is 766 g/mol. The molecule has 16 N–H and O–H groups in total. The molecule has 0 aliphatic carbocycles. The molecule has 0 aromatic heterocycles. The summed E-state index contributed by atoms with van der Waals surface area (Å²) in [5.41, 5.74) is 0. The molecule has 0 spiro atoms. The maximum absolute atomic E-state index is 11.1. The van der Waals surface area contributed by atoms with Crippen molar-refractivity contribution in [1.82, 2.24) is 0 Å². The van der Waals surface area contributed by atoms with Crippen molar-refractivity contribution in [1.29, 1.82) is 0 Å². The topological polar surface area (TPSA) is 379 Å². The maximum Gasteiger partial charge on any atom is 0.224 e. The van der Waals surface area contributed by atoms with Crippen molar-refractivity contribution in [3.05, 3.63) is 0 Å². The first kappa shape index (κ1) is 43.8. The Morgan fingerprint density at radius 2 is 0.615 bits per heavy atom. The van der Waals surface area contributed by atoms with Crippen LogP contribution in [0.3, 0.4) is 0 Å². The summed E-state index contributed by atoms with van der Waals surface area (Å²) in [5, 5.41) is 166. The predicted octanol–water partition coefficient (Wildman–Crippen LogP) is -8.70. The van der Waals surface area contributed by atoms with Gasteiger partial charge >= 0.3 is 0 Å². The number of aliphatic hydroxyl groups excluding tert-OH is 16. The van der Waals surface area contributed by atoms with E-state index in [0.29, 0.717) is 0 Å². The van der Waals surface area contributed by atoms with Crippen LogP contribution in [0.5, 0.6) is 0 Å². The van der Waals surface area contributed by atoms with Crippen molar-refractivity contribution in [2.45, 2.75) is 147 Å². The summed E-state index contributed by atoms with van der Waals surface area (Å²) in [6.45, 7) is -5.68. The van der Waals surface area contributed by atoms with Crippen molar-refractivity contribution >= 4 is 0 Å². The zero-order chi connectivity index (χ0) is 38.8. The van der Waals surface area contributed by atoms with E-state index in [1.807, 2.05) is 0 Å². The number of unbranched alkanes of at least 4 members (excludes halogenated alkanes) is 3. The molecule has 22 heteroatoms. The Kier molecular flexibility index (Phi) is 14.8. The van der Waals surface area contributed by atoms with Gasteiger partial charge in [-0.2, -0.15) is 0 Å². The van der Waals surface area contributed by atoms with Crippen LogP contribution in [-0.4, -0.2) is 230 Å². The highest BCUT2D eigenvalue weighted by molar-refractivity contribution is 5.04. The highest BCUT2D eigenvalue weighted by atomic mass is 16.8. The summed E-state index contributed by atoms with van der Waals surface area (Å²) >= 11 is 0. The molecule has 0 radical (unpaired) electrons. The molecule has 4 aliphatic rings. The van der Waals surface area contributed by atoms with E-state index >= 15 is 0 Å². The Labute approximate surface area is 297 Å². The fourth-order valence-corrected chi connectivity index (χ4v) is 7.29. The number of aliphatic hydroxyl groups is 16. The van der Waals surface area contributed by atoms with Gasteiger partial charge in [0.2, 0.25) is 23.1 Å². The Hall–Kier alpha value is -0.880. The molecule has 4 fully saturated rings. The molecule has 52 heavy (non-hydrogen) atoms. The van der Waals surface area contributed by atoms with E-state index in [1.54, 1.807) is 0 Å². The lowest BCUT2D eigenvalue weighted by Crippen LogP contribution is -2.69. The fourth-order valence-electron chi connectivity index (χ4n) is 7.29. The quantitative estimate of drug-likeness (QED) is 0.0611. The van der Waals surface area contributed by atoms with E-state index in [-0.39, 0.29) is 38.5 Å². The molecule has 0 amide bonds. The summed E-state index contributed by atoms with van der Waals surface area (Å²) in [7, 11) is 0. The van der Waals surface area contributed by atoms with Crippen molar-refractivity contribution in [3.63, 3.8) is 0 Å². The molecule has 0 aromatic carbocycles. The molecule has 22 nitrogen and oxygen atoms in total. The van der Waals surface area contributed by atoms with Gasteiger partial charge in [-0.3, -0.25) is 0 Å². The van der Waals surface area contributed by atoms with Gasteiger partial charge in [0.05, 0.1) is 26.4 Å². The molecule has 0 aromatic rings. The van der Waals surface area contributed by atoms with Gasteiger partial charge in [0.25, 0.3) is 0 Å². The zero-order valence-electron chi connectivity index (χ0n) is 28.2. The van der Waals surface area contributed by atoms with Gasteiger partial charge in [-0.15, -0.1) is 0 Å². The second-order valence-electron chi connectivity index (χ2n) is 13.8. The minimum atomic E-state index is -2.51. The van der Waals surface area contributed by atoms with Crippen LogP contribution in [0.4, 0.5) is 0 Å². The summed E-state index contributed by atoms with van der Waals surface area (Å²) in [6.07, 6.45) is -25.7. The Morgan fingerprint density at radius 1 is 0.346 bits per heavy atom. The van der Waals surface area contributed by atoms with Crippen LogP contribution in [-0.2, 0) is 28.4 Å². The van der Waals surface area contributed by atoms with Gasteiger partial charge in [-0.25, -0.2) is 0 Å². The molecule has 0 saturated carbocycles. The average Bonchev–Trinajstić information content (AvgIpc) is 3.54. The predicted molar refractivity (Wildman–Crippen MR) is 163 cm³/mol. The number of hydrogen-bond acceptors (Lipinski definition) is 22. The van der Waals surface area contributed by atoms with E-state index in [1.165, 1.54) is 0 Å². The van der Waals surface area contributed by atoms with Crippen LogP contribution in [0, 0.1) is 0 Å². The highest BCUT2D eigenvalue weighted by Crippen LogP contribution is 2.45. The Balaban J connectivity index is 1.52. The molecular formula is C30H54O22. The molecule has 2 unspecified atom stereocenters. The second kappa shape index (κ2) is 17.5. The smallest absolute Gasteiger partial charge is 0.224 e. The third kappa shape index (κ3) is 7.88. The molecular weight excluding hydrogens is 712 g/mol. The minimum Gasteiger partial charge on any atom is -0.394 e. The van der Waals surface area contributed by atoms with Crippen molar-refractivity contribution in [2.24, 2.45) is 0 Å². The maximum atomic E-state index is 11.1. The third-order valence-corrected chi connectivity index (χ3v) is 10.4. The van der Waals surface area contributed by atoms with Gasteiger partial charge in [0.1, 0.15) is 98.7 Å². The first-order valence-electron chi connectivity index (χ1n) is 17.1. The van der Waals surface area contributed by atoms with Gasteiger partial charge < -0.3 is 110 Å².